The largest absolute Gasteiger partial charge is 0.294 e. The summed E-state index contributed by atoms with van der Waals surface area (Å²) in [4.78, 5) is 23.1. The average Bonchev–Trinajstić information content (AvgIpc) is 2.64. The first kappa shape index (κ1) is 12.2. The fourth-order valence-corrected chi connectivity index (χ4v) is 4.25. The van der Waals surface area contributed by atoms with Gasteiger partial charge in [-0.2, -0.15) is 4.31 Å². The minimum Gasteiger partial charge on any atom is -0.294 e. The molecule has 0 spiro atoms. The Morgan fingerprint density at radius 2 is 1.82 bits per heavy atom. The predicted molar refractivity (Wildman–Crippen MR) is 61.0 cm³/mol. The smallest absolute Gasteiger partial charge is 0.253 e. The molecule has 0 unspecified atom stereocenters. The van der Waals surface area contributed by atoms with E-state index in [0.29, 0.717) is 0 Å². The Kier molecular flexibility index (Phi) is 3.02. The molecule has 0 aromatic carbocycles. The molecule has 92 valence electrons. The normalized spacial score (nSPS) is 18.2. The third-order valence-corrected chi connectivity index (χ3v) is 5.49. The summed E-state index contributed by atoms with van der Waals surface area (Å²) in [7, 11) is -3.74. The third kappa shape index (κ3) is 2.38. The van der Waals surface area contributed by atoms with Crippen molar-refractivity contribution in [2.24, 2.45) is 0 Å². The molecule has 0 radical (unpaired) electrons. The summed E-state index contributed by atoms with van der Waals surface area (Å²) in [5.41, 5.74) is 0. The minimum atomic E-state index is -3.74. The zero-order valence-corrected chi connectivity index (χ0v) is 10.6. The van der Waals surface area contributed by atoms with Crippen LogP contribution in [-0.4, -0.2) is 37.6 Å². The molecule has 0 aliphatic carbocycles. The van der Waals surface area contributed by atoms with E-state index in [1.165, 1.54) is 6.07 Å². The fourth-order valence-electron chi connectivity index (χ4n) is 1.46. The summed E-state index contributed by atoms with van der Waals surface area (Å²) in [6.45, 7) is 1.16. The highest BCUT2D eigenvalue weighted by atomic mass is 32.2. The van der Waals surface area contributed by atoms with Crippen molar-refractivity contribution in [2.45, 2.75) is 11.1 Å². The first-order valence-electron chi connectivity index (χ1n) is 4.79. The minimum absolute atomic E-state index is 0.150. The number of sulfonamides is 1. The first-order valence-corrected chi connectivity index (χ1v) is 7.04. The molecule has 1 saturated heterocycles. The number of carbonyl (C=O) groups is 2. The molecular formula is C9H10N2O4S2. The summed E-state index contributed by atoms with van der Waals surface area (Å²) in [6.07, 6.45) is 0. The number of nitrogens with zero attached hydrogens (tertiary/aromatic N) is 1. The summed E-state index contributed by atoms with van der Waals surface area (Å²) < 4.78 is 25.2. The molecule has 2 rings (SSSR count). The van der Waals surface area contributed by atoms with Crippen LogP contribution in [0.4, 0.5) is 0 Å². The molecule has 1 aliphatic rings. The highest BCUT2D eigenvalue weighted by molar-refractivity contribution is 7.91. The summed E-state index contributed by atoms with van der Waals surface area (Å²) in [5.74, 6) is -1.20. The monoisotopic (exact) mass is 274 g/mol. The lowest BCUT2D eigenvalue weighted by atomic mass is 10.4. The van der Waals surface area contributed by atoms with Crippen molar-refractivity contribution in [1.29, 1.82) is 0 Å². The van der Waals surface area contributed by atoms with Gasteiger partial charge in [-0.05, 0) is 19.1 Å². The third-order valence-electron chi connectivity index (χ3n) is 2.23. The number of carbonyl (C=O) groups excluding carboxylic acids is 2. The molecule has 2 amide bonds. The Morgan fingerprint density at radius 3 is 2.29 bits per heavy atom. The van der Waals surface area contributed by atoms with Crippen LogP contribution in [-0.2, 0) is 19.6 Å². The van der Waals surface area contributed by atoms with Crippen LogP contribution in [0.3, 0.4) is 0 Å². The number of rotatable bonds is 2. The van der Waals surface area contributed by atoms with Crippen molar-refractivity contribution >= 4 is 33.2 Å². The molecule has 1 fully saturated rings. The van der Waals surface area contributed by atoms with Crippen LogP contribution in [0.15, 0.2) is 16.3 Å². The molecular weight excluding hydrogens is 264 g/mol. The fraction of sp³-hybridized carbons (Fsp3) is 0.333. The Bertz CT molecular complexity index is 560. The number of hydrogen-bond acceptors (Lipinski definition) is 5. The van der Waals surface area contributed by atoms with E-state index < -0.39 is 21.8 Å². The number of aryl methyl sites for hydroxylation is 1. The van der Waals surface area contributed by atoms with Crippen molar-refractivity contribution < 1.29 is 18.0 Å². The van der Waals surface area contributed by atoms with Crippen LogP contribution in [0.1, 0.15) is 4.88 Å². The number of nitrogens with one attached hydrogen (secondary N) is 1. The van der Waals surface area contributed by atoms with E-state index in [1.807, 2.05) is 0 Å². The maximum atomic E-state index is 12.1. The van der Waals surface area contributed by atoms with E-state index in [2.05, 4.69) is 5.32 Å². The van der Waals surface area contributed by atoms with Gasteiger partial charge < -0.3 is 0 Å². The highest BCUT2D eigenvalue weighted by Gasteiger charge is 2.33. The lowest BCUT2D eigenvalue weighted by Gasteiger charge is -2.23. The first-order chi connectivity index (χ1) is 7.89. The molecule has 17 heavy (non-hydrogen) atoms. The zero-order valence-electron chi connectivity index (χ0n) is 8.97. The molecule has 1 aromatic rings. The lowest BCUT2D eigenvalue weighted by molar-refractivity contribution is -0.134. The van der Waals surface area contributed by atoms with Crippen LogP contribution in [0.25, 0.3) is 0 Å². The van der Waals surface area contributed by atoms with Crippen molar-refractivity contribution in [3.63, 3.8) is 0 Å². The van der Waals surface area contributed by atoms with Crippen molar-refractivity contribution in [2.75, 3.05) is 13.1 Å². The molecule has 0 saturated carbocycles. The van der Waals surface area contributed by atoms with Gasteiger partial charge in [0.1, 0.15) is 4.21 Å². The number of amides is 2. The number of thiophene rings is 1. The topological polar surface area (TPSA) is 83.6 Å². The quantitative estimate of drug-likeness (QED) is 0.751. The van der Waals surface area contributed by atoms with Crippen molar-refractivity contribution in [1.82, 2.24) is 9.62 Å². The molecule has 1 aromatic heterocycles. The number of imide groups is 1. The Labute approximate surface area is 102 Å². The van der Waals surface area contributed by atoms with Gasteiger partial charge in [0.15, 0.2) is 0 Å². The van der Waals surface area contributed by atoms with E-state index in [4.69, 9.17) is 0 Å². The van der Waals surface area contributed by atoms with Crippen LogP contribution in [0.5, 0.6) is 0 Å². The van der Waals surface area contributed by atoms with Gasteiger partial charge >= 0.3 is 0 Å². The lowest BCUT2D eigenvalue weighted by Crippen LogP contribution is -2.53. The molecule has 2 heterocycles. The van der Waals surface area contributed by atoms with Gasteiger partial charge in [0.25, 0.3) is 10.0 Å². The van der Waals surface area contributed by atoms with Crippen LogP contribution < -0.4 is 5.32 Å². The van der Waals surface area contributed by atoms with Crippen LogP contribution >= 0.6 is 11.3 Å². The average molecular weight is 274 g/mol. The molecule has 0 bridgehead atoms. The Hall–Kier alpha value is -1.25. The van der Waals surface area contributed by atoms with Crippen LogP contribution in [0, 0.1) is 6.92 Å². The summed E-state index contributed by atoms with van der Waals surface area (Å²) >= 11 is 1.12. The van der Waals surface area contributed by atoms with Crippen molar-refractivity contribution in [3.8, 4) is 0 Å². The van der Waals surface area contributed by atoms with E-state index in [9.17, 15) is 18.0 Å². The molecule has 0 atom stereocenters. The highest BCUT2D eigenvalue weighted by Crippen LogP contribution is 2.24. The van der Waals surface area contributed by atoms with E-state index >= 15 is 0 Å². The van der Waals surface area contributed by atoms with Gasteiger partial charge in [0, 0.05) is 4.88 Å². The Morgan fingerprint density at radius 1 is 1.24 bits per heavy atom. The molecule has 8 heteroatoms. The van der Waals surface area contributed by atoms with Crippen LogP contribution in [0.2, 0.25) is 0 Å². The predicted octanol–water partition coefficient (Wildman–Crippen LogP) is -0.296. The van der Waals surface area contributed by atoms with Gasteiger partial charge in [-0.1, -0.05) is 0 Å². The second-order valence-electron chi connectivity index (χ2n) is 3.61. The summed E-state index contributed by atoms with van der Waals surface area (Å²) in [6, 6.07) is 3.16. The summed E-state index contributed by atoms with van der Waals surface area (Å²) in [5, 5.41) is 2.06. The second kappa shape index (κ2) is 4.21. The van der Waals surface area contributed by atoms with Crippen molar-refractivity contribution in [3.05, 3.63) is 17.0 Å². The van der Waals surface area contributed by atoms with E-state index in [-0.39, 0.29) is 17.3 Å². The maximum Gasteiger partial charge on any atom is 0.253 e. The molecule has 1 N–H and O–H groups in total. The second-order valence-corrected chi connectivity index (χ2v) is 7.06. The van der Waals surface area contributed by atoms with Gasteiger partial charge in [-0.15, -0.1) is 11.3 Å². The van der Waals surface area contributed by atoms with Gasteiger partial charge in [-0.25, -0.2) is 8.42 Å². The van der Waals surface area contributed by atoms with Gasteiger partial charge in [-0.3, -0.25) is 14.9 Å². The number of piperazine rings is 1. The van der Waals surface area contributed by atoms with E-state index in [1.54, 1.807) is 13.0 Å². The zero-order chi connectivity index (χ0) is 12.6. The standard InChI is InChI=1S/C9H10N2O4S2/c1-6-2-3-9(16-6)17(14,15)11-4-7(12)10-8(13)5-11/h2-3H,4-5H2,1H3,(H,10,12,13). The van der Waals surface area contributed by atoms with Gasteiger partial charge in [0.2, 0.25) is 11.8 Å². The SMILES string of the molecule is Cc1ccc(S(=O)(=O)N2CC(=O)NC(=O)C2)s1. The molecule has 6 nitrogen and oxygen atoms in total. The maximum absolute atomic E-state index is 12.1. The molecule has 1 aliphatic heterocycles. The van der Waals surface area contributed by atoms with Gasteiger partial charge in [0.05, 0.1) is 13.1 Å². The number of hydrogen-bond donors (Lipinski definition) is 1. The Balaban J connectivity index is 2.33. The van der Waals surface area contributed by atoms with E-state index in [0.717, 1.165) is 20.5 Å².